The molecule has 0 amide bonds. The topological polar surface area (TPSA) is 55.2 Å². The van der Waals surface area contributed by atoms with Crippen LogP contribution in [-0.4, -0.2) is 35.9 Å². The predicted octanol–water partition coefficient (Wildman–Crippen LogP) is 2.78. The van der Waals surface area contributed by atoms with Gasteiger partial charge in [0.2, 0.25) is 5.96 Å². The highest BCUT2D eigenvalue weighted by atomic mass is 35.5. The van der Waals surface area contributed by atoms with Crippen LogP contribution in [0.5, 0.6) is 0 Å². The van der Waals surface area contributed by atoms with Crippen LogP contribution in [0.15, 0.2) is 41.5 Å². The van der Waals surface area contributed by atoms with Crippen molar-refractivity contribution in [3.63, 3.8) is 0 Å². The second-order valence-corrected chi connectivity index (χ2v) is 4.83. The Bertz CT molecular complexity index is 642. The summed E-state index contributed by atoms with van der Waals surface area (Å²) in [6.45, 7) is 6.79. The maximum atomic E-state index is 5.93. The standard InChI is InChI=1S/C15H19ClN5/c1-4-18-15(17-2)20-21(3)14-13(9-10-19-14)11-5-7-12(16)8-6-11/h5-10,19H,3-4H2,1-2H3,(H2,17,18,20)/q+1. The molecule has 0 radical (unpaired) electrons. The molecular formula is C15H19ClN5+. The van der Waals surface area contributed by atoms with Gasteiger partial charge >= 0.3 is 5.82 Å². The van der Waals surface area contributed by atoms with Crippen LogP contribution in [0.4, 0.5) is 5.82 Å². The van der Waals surface area contributed by atoms with Crippen LogP contribution in [0.1, 0.15) is 6.92 Å². The molecule has 0 spiro atoms. The number of nitrogens with zero attached hydrogens (tertiary/aromatic N) is 2. The molecule has 5 nitrogen and oxygen atoms in total. The first-order valence-electron chi connectivity index (χ1n) is 6.67. The summed E-state index contributed by atoms with van der Waals surface area (Å²) >= 11 is 5.93. The van der Waals surface area contributed by atoms with Crippen molar-refractivity contribution in [2.75, 3.05) is 13.6 Å². The van der Waals surface area contributed by atoms with E-state index in [2.05, 4.69) is 27.4 Å². The van der Waals surface area contributed by atoms with Gasteiger partial charge in [-0.1, -0.05) is 23.7 Å². The number of aromatic amines is 1. The maximum absolute atomic E-state index is 5.93. The van der Waals surface area contributed by atoms with Gasteiger partial charge in [-0.25, -0.2) is 4.98 Å². The van der Waals surface area contributed by atoms with Crippen molar-refractivity contribution in [3.05, 3.63) is 41.6 Å². The van der Waals surface area contributed by atoms with Crippen molar-refractivity contribution in [1.82, 2.24) is 15.7 Å². The van der Waals surface area contributed by atoms with E-state index in [1.807, 2.05) is 43.5 Å². The Hall–Kier alpha value is -2.27. The molecule has 0 saturated heterocycles. The lowest BCUT2D eigenvalue weighted by Gasteiger charge is -2.10. The first-order chi connectivity index (χ1) is 10.2. The van der Waals surface area contributed by atoms with E-state index in [0.29, 0.717) is 11.0 Å². The third-order valence-corrected chi connectivity index (χ3v) is 3.21. The van der Waals surface area contributed by atoms with Gasteiger partial charge in [-0.2, -0.15) is 5.43 Å². The zero-order valence-electron chi connectivity index (χ0n) is 12.2. The lowest BCUT2D eigenvalue weighted by molar-refractivity contribution is -0.481. The largest absolute Gasteiger partial charge is 0.354 e. The monoisotopic (exact) mass is 304 g/mol. The van der Waals surface area contributed by atoms with E-state index in [4.69, 9.17) is 11.6 Å². The lowest BCUT2D eigenvalue weighted by Crippen LogP contribution is -2.41. The van der Waals surface area contributed by atoms with Gasteiger partial charge in [-0.15, -0.1) is 4.68 Å². The SMILES string of the molecule is C=[N+](NC(=NC)NCC)c1[nH]ccc1-c1ccc(Cl)cc1. The second-order valence-electron chi connectivity index (χ2n) is 4.39. The van der Waals surface area contributed by atoms with Gasteiger partial charge in [0, 0.05) is 18.6 Å². The number of hydrazine groups is 1. The summed E-state index contributed by atoms with van der Waals surface area (Å²) in [5.41, 5.74) is 5.18. The molecule has 6 heteroatoms. The molecule has 0 aliphatic heterocycles. The van der Waals surface area contributed by atoms with Gasteiger partial charge in [0.1, 0.15) is 0 Å². The summed E-state index contributed by atoms with van der Waals surface area (Å²) < 4.78 is 1.65. The van der Waals surface area contributed by atoms with Crippen LogP contribution in [0.25, 0.3) is 11.1 Å². The zero-order chi connectivity index (χ0) is 15.2. The summed E-state index contributed by atoms with van der Waals surface area (Å²) in [5, 5.41) is 3.83. The molecule has 2 aromatic rings. The van der Waals surface area contributed by atoms with E-state index < -0.39 is 0 Å². The number of hydrogen-bond donors (Lipinski definition) is 3. The molecule has 0 aliphatic carbocycles. The molecule has 0 aliphatic rings. The Labute approximate surface area is 129 Å². The molecule has 1 aromatic carbocycles. The van der Waals surface area contributed by atoms with E-state index in [-0.39, 0.29) is 0 Å². The average Bonchev–Trinajstić information content (AvgIpc) is 2.97. The fraction of sp³-hybridized carbons (Fsp3) is 0.200. The molecule has 21 heavy (non-hydrogen) atoms. The van der Waals surface area contributed by atoms with Crippen molar-refractivity contribution in [2.45, 2.75) is 6.92 Å². The number of rotatable bonds is 4. The van der Waals surface area contributed by atoms with Gasteiger partial charge < -0.3 is 5.32 Å². The zero-order valence-corrected chi connectivity index (χ0v) is 12.9. The summed E-state index contributed by atoms with van der Waals surface area (Å²) in [5.74, 6) is 1.50. The fourth-order valence-corrected chi connectivity index (χ4v) is 2.09. The molecule has 0 saturated carbocycles. The molecule has 0 bridgehead atoms. The normalized spacial score (nSPS) is 11.3. The number of nitrogens with one attached hydrogen (secondary N) is 3. The van der Waals surface area contributed by atoms with Crippen LogP contribution >= 0.6 is 11.6 Å². The van der Waals surface area contributed by atoms with Gasteiger partial charge in [0.15, 0.2) is 0 Å². The van der Waals surface area contributed by atoms with Gasteiger partial charge in [0.05, 0.1) is 18.5 Å². The van der Waals surface area contributed by atoms with Crippen molar-refractivity contribution >= 4 is 30.1 Å². The molecule has 1 heterocycles. The summed E-state index contributed by atoms with van der Waals surface area (Å²) in [4.78, 5) is 7.30. The van der Waals surface area contributed by atoms with Crippen LogP contribution in [0.2, 0.25) is 5.02 Å². The Morgan fingerprint density at radius 2 is 2.05 bits per heavy atom. The molecule has 0 fully saturated rings. The number of aliphatic imine (C=N–C) groups is 1. The molecule has 0 atom stereocenters. The fourth-order valence-electron chi connectivity index (χ4n) is 1.97. The second kappa shape index (κ2) is 6.95. The molecular weight excluding hydrogens is 286 g/mol. The molecule has 1 aromatic heterocycles. The maximum Gasteiger partial charge on any atom is 0.310 e. The van der Waals surface area contributed by atoms with E-state index in [9.17, 15) is 0 Å². The van der Waals surface area contributed by atoms with Crippen LogP contribution in [0.3, 0.4) is 0 Å². The van der Waals surface area contributed by atoms with Crippen molar-refractivity contribution in [1.29, 1.82) is 0 Å². The van der Waals surface area contributed by atoms with Crippen molar-refractivity contribution in [2.24, 2.45) is 4.99 Å². The highest BCUT2D eigenvalue weighted by Crippen LogP contribution is 2.28. The third-order valence-electron chi connectivity index (χ3n) is 2.96. The van der Waals surface area contributed by atoms with Crippen LogP contribution in [-0.2, 0) is 0 Å². The van der Waals surface area contributed by atoms with Crippen LogP contribution < -0.4 is 10.7 Å². The van der Waals surface area contributed by atoms with E-state index >= 15 is 0 Å². The highest BCUT2D eigenvalue weighted by Gasteiger charge is 2.16. The quantitative estimate of drug-likeness (QED) is 0.352. The third kappa shape index (κ3) is 3.64. The number of hydrazone groups is 1. The number of H-pyrrole nitrogens is 1. The number of benzene rings is 1. The summed E-state index contributed by atoms with van der Waals surface area (Å²) in [6, 6.07) is 9.68. The minimum atomic E-state index is 0.657. The van der Waals surface area contributed by atoms with Gasteiger partial charge in [-0.3, -0.25) is 4.99 Å². The first-order valence-corrected chi connectivity index (χ1v) is 7.04. The number of aromatic nitrogens is 1. The Morgan fingerprint density at radius 1 is 1.33 bits per heavy atom. The Balaban J connectivity index is 2.24. The Morgan fingerprint density at radius 3 is 2.67 bits per heavy atom. The summed E-state index contributed by atoms with van der Waals surface area (Å²) in [7, 11) is 1.72. The first kappa shape index (κ1) is 15.1. The lowest BCUT2D eigenvalue weighted by atomic mass is 10.1. The highest BCUT2D eigenvalue weighted by molar-refractivity contribution is 6.30. The minimum absolute atomic E-state index is 0.657. The average molecular weight is 305 g/mol. The van der Waals surface area contributed by atoms with E-state index in [1.165, 1.54) is 0 Å². The van der Waals surface area contributed by atoms with E-state index in [1.54, 1.807) is 11.7 Å². The van der Waals surface area contributed by atoms with Crippen molar-refractivity contribution in [3.8, 4) is 11.1 Å². The minimum Gasteiger partial charge on any atom is -0.354 e. The number of guanidine groups is 1. The number of hydrogen-bond acceptors (Lipinski definition) is 1. The molecule has 3 N–H and O–H groups in total. The number of halogens is 1. The molecule has 0 unspecified atom stereocenters. The van der Waals surface area contributed by atoms with E-state index in [0.717, 1.165) is 23.5 Å². The molecule has 110 valence electrons. The van der Waals surface area contributed by atoms with Crippen LogP contribution in [0, 0.1) is 0 Å². The van der Waals surface area contributed by atoms with Gasteiger partial charge in [0.25, 0.3) is 0 Å². The summed E-state index contributed by atoms with van der Waals surface area (Å²) in [6.07, 6.45) is 1.87. The van der Waals surface area contributed by atoms with Crippen molar-refractivity contribution < 1.29 is 4.68 Å². The Kier molecular flexibility index (Phi) is 5.00. The predicted molar refractivity (Wildman–Crippen MR) is 88.5 cm³/mol. The molecule has 2 rings (SSSR count). The smallest absolute Gasteiger partial charge is 0.310 e. The van der Waals surface area contributed by atoms with Gasteiger partial charge in [-0.05, 0) is 30.7 Å².